The molecule has 7 nitrogen and oxygen atoms in total. The molecule has 1 unspecified atom stereocenters. The summed E-state index contributed by atoms with van der Waals surface area (Å²) >= 11 is 0. The van der Waals surface area contributed by atoms with Crippen molar-refractivity contribution in [2.75, 3.05) is 6.61 Å². The van der Waals surface area contributed by atoms with Crippen LogP contribution in [0.2, 0.25) is 0 Å². The lowest BCUT2D eigenvalue weighted by Crippen LogP contribution is -2.42. The lowest BCUT2D eigenvalue weighted by atomic mass is 10.1. The first kappa shape index (κ1) is 19.7. The van der Waals surface area contributed by atoms with Gasteiger partial charge in [-0.25, -0.2) is 9.48 Å². The van der Waals surface area contributed by atoms with Gasteiger partial charge in [-0.3, -0.25) is 4.79 Å². The Balaban J connectivity index is 1.99. The van der Waals surface area contributed by atoms with Crippen LogP contribution in [0.3, 0.4) is 0 Å². The van der Waals surface area contributed by atoms with Gasteiger partial charge in [0.1, 0.15) is 6.04 Å². The van der Waals surface area contributed by atoms with Gasteiger partial charge in [-0.2, -0.15) is 5.10 Å². The number of carboxylic acid groups (broad SMARTS) is 1. The van der Waals surface area contributed by atoms with Crippen molar-refractivity contribution in [2.45, 2.75) is 45.8 Å². The molecule has 1 aromatic heterocycles. The molecule has 0 spiro atoms. The van der Waals surface area contributed by atoms with Crippen molar-refractivity contribution in [3.8, 4) is 5.69 Å². The number of hydrogen-bond donors (Lipinski definition) is 2. The third-order valence-corrected chi connectivity index (χ3v) is 3.66. The molecule has 1 atom stereocenters. The Morgan fingerprint density at radius 1 is 1.23 bits per heavy atom. The third-order valence-electron chi connectivity index (χ3n) is 3.66. The van der Waals surface area contributed by atoms with Crippen molar-refractivity contribution in [1.29, 1.82) is 0 Å². The number of ether oxygens (including phenoxy) is 1. The molecular formula is C19H25N3O4. The molecule has 0 saturated heterocycles. The fourth-order valence-corrected chi connectivity index (χ4v) is 2.31. The Morgan fingerprint density at radius 2 is 1.88 bits per heavy atom. The number of nitrogens with one attached hydrogen (secondary N) is 1. The summed E-state index contributed by atoms with van der Waals surface area (Å²) in [6.07, 6.45) is 2.03. The van der Waals surface area contributed by atoms with Gasteiger partial charge in [0.2, 0.25) is 0 Å². The standard InChI is InChI=1S/C19H25N3O4/c1-13-9-11-22(21-13)15-7-5-14(6-8-15)17(23)20-16(18(24)25)10-12-26-19(2,3)4/h5-9,11,16H,10,12H2,1-4H3,(H,20,23)(H,24,25). The van der Waals surface area contributed by atoms with Crippen LogP contribution in [-0.2, 0) is 9.53 Å². The first-order valence-corrected chi connectivity index (χ1v) is 8.46. The molecule has 26 heavy (non-hydrogen) atoms. The number of nitrogens with zero attached hydrogens (tertiary/aromatic N) is 2. The van der Waals surface area contributed by atoms with E-state index in [-0.39, 0.29) is 18.6 Å². The topological polar surface area (TPSA) is 93.5 Å². The Hall–Kier alpha value is -2.67. The van der Waals surface area contributed by atoms with Crippen molar-refractivity contribution in [3.05, 3.63) is 47.8 Å². The highest BCUT2D eigenvalue weighted by Crippen LogP contribution is 2.11. The van der Waals surface area contributed by atoms with Gasteiger partial charge in [0.05, 0.1) is 17.0 Å². The minimum atomic E-state index is -1.08. The van der Waals surface area contributed by atoms with Crippen LogP contribution in [0.5, 0.6) is 0 Å². The van der Waals surface area contributed by atoms with Gasteiger partial charge in [-0.05, 0) is 58.0 Å². The molecule has 1 amide bonds. The second-order valence-corrected chi connectivity index (χ2v) is 7.06. The highest BCUT2D eigenvalue weighted by atomic mass is 16.5. The largest absolute Gasteiger partial charge is 0.480 e. The van der Waals surface area contributed by atoms with E-state index in [1.54, 1.807) is 28.9 Å². The van der Waals surface area contributed by atoms with Crippen LogP contribution in [0, 0.1) is 6.92 Å². The molecular weight excluding hydrogens is 334 g/mol. The molecule has 1 aromatic carbocycles. The first-order valence-electron chi connectivity index (χ1n) is 8.46. The number of aryl methyl sites for hydroxylation is 1. The van der Waals surface area contributed by atoms with Crippen LogP contribution in [0.25, 0.3) is 5.69 Å². The third kappa shape index (κ3) is 5.70. The molecule has 0 aliphatic heterocycles. The summed E-state index contributed by atoms with van der Waals surface area (Å²) in [4.78, 5) is 23.7. The summed E-state index contributed by atoms with van der Waals surface area (Å²) in [5.41, 5.74) is 1.76. The molecule has 140 valence electrons. The van der Waals surface area contributed by atoms with Gasteiger partial charge in [0.25, 0.3) is 5.91 Å². The SMILES string of the molecule is Cc1ccn(-c2ccc(C(=O)NC(CCOC(C)(C)C)C(=O)O)cc2)n1. The van der Waals surface area contributed by atoms with Crippen molar-refractivity contribution in [2.24, 2.45) is 0 Å². The highest BCUT2D eigenvalue weighted by molar-refractivity contribution is 5.96. The van der Waals surface area contributed by atoms with E-state index in [4.69, 9.17) is 4.74 Å². The van der Waals surface area contributed by atoms with E-state index in [9.17, 15) is 14.7 Å². The predicted octanol–water partition coefficient (Wildman–Crippen LogP) is 2.57. The van der Waals surface area contributed by atoms with E-state index in [0.717, 1.165) is 11.4 Å². The first-order chi connectivity index (χ1) is 12.2. The predicted molar refractivity (Wildman–Crippen MR) is 97.5 cm³/mol. The number of aromatic nitrogens is 2. The van der Waals surface area contributed by atoms with Crippen LogP contribution >= 0.6 is 0 Å². The van der Waals surface area contributed by atoms with Crippen LogP contribution in [-0.4, -0.2) is 45.0 Å². The van der Waals surface area contributed by atoms with Gasteiger partial charge in [-0.1, -0.05) is 0 Å². The molecule has 0 aliphatic rings. The van der Waals surface area contributed by atoms with Crippen molar-refractivity contribution < 1.29 is 19.4 Å². The second kappa shape index (κ2) is 8.14. The zero-order valence-corrected chi connectivity index (χ0v) is 15.5. The van der Waals surface area contributed by atoms with Gasteiger partial charge in [0.15, 0.2) is 0 Å². The average Bonchev–Trinajstić information content (AvgIpc) is 2.99. The number of aliphatic carboxylic acids is 1. The average molecular weight is 359 g/mol. The summed E-state index contributed by atoms with van der Waals surface area (Å²) in [5.74, 6) is -1.52. The molecule has 2 rings (SSSR count). The van der Waals surface area contributed by atoms with Crippen LogP contribution in [0.4, 0.5) is 0 Å². The Bertz CT molecular complexity index is 760. The fourth-order valence-electron chi connectivity index (χ4n) is 2.31. The monoisotopic (exact) mass is 359 g/mol. The normalized spacial score (nSPS) is 12.6. The Morgan fingerprint density at radius 3 is 2.38 bits per heavy atom. The van der Waals surface area contributed by atoms with E-state index in [2.05, 4.69) is 10.4 Å². The maximum Gasteiger partial charge on any atom is 0.326 e. The Labute approximate surface area is 153 Å². The smallest absolute Gasteiger partial charge is 0.326 e. The molecule has 0 fully saturated rings. The summed E-state index contributed by atoms with van der Waals surface area (Å²) in [6, 6.07) is 7.70. The number of rotatable bonds is 7. The molecule has 0 saturated carbocycles. The number of hydrogen-bond acceptors (Lipinski definition) is 4. The summed E-state index contributed by atoms with van der Waals surface area (Å²) in [5, 5.41) is 16.2. The van der Waals surface area contributed by atoms with Gasteiger partial charge in [0, 0.05) is 24.8 Å². The molecule has 2 aromatic rings. The number of carbonyl (C=O) groups excluding carboxylic acids is 1. The number of carboxylic acids is 1. The zero-order valence-electron chi connectivity index (χ0n) is 15.5. The maximum absolute atomic E-state index is 12.3. The van der Waals surface area contributed by atoms with E-state index in [1.165, 1.54) is 0 Å². The molecule has 1 heterocycles. The van der Waals surface area contributed by atoms with E-state index in [0.29, 0.717) is 5.56 Å². The minimum absolute atomic E-state index is 0.197. The Kier molecular flexibility index (Phi) is 6.15. The van der Waals surface area contributed by atoms with Crippen LogP contribution in [0.1, 0.15) is 43.2 Å². The van der Waals surface area contributed by atoms with Crippen molar-refractivity contribution in [3.63, 3.8) is 0 Å². The fraction of sp³-hybridized carbons (Fsp3) is 0.421. The second-order valence-electron chi connectivity index (χ2n) is 7.06. The van der Waals surface area contributed by atoms with E-state index < -0.39 is 17.9 Å². The van der Waals surface area contributed by atoms with E-state index >= 15 is 0 Å². The van der Waals surface area contributed by atoms with Crippen LogP contribution in [0.15, 0.2) is 36.5 Å². The summed E-state index contributed by atoms with van der Waals surface area (Å²) in [7, 11) is 0. The lowest BCUT2D eigenvalue weighted by molar-refractivity contribution is -0.140. The lowest BCUT2D eigenvalue weighted by Gasteiger charge is -2.21. The molecule has 0 bridgehead atoms. The highest BCUT2D eigenvalue weighted by Gasteiger charge is 2.22. The van der Waals surface area contributed by atoms with Crippen molar-refractivity contribution in [1.82, 2.24) is 15.1 Å². The number of amides is 1. The van der Waals surface area contributed by atoms with Gasteiger partial charge in [-0.15, -0.1) is 0 Å². The zero-order chi connectivity index (χ0) is 19.3. The van der Waals surface area contributed by atoms with Gasteiger partial charge < -0.3 is 15.2 Å². The summed E-state index contributed by atoms with van der Waals surface area (Å²) < 4.78 is 7.25. The van der Waals surface area contributed by atoms with E-state index in [1.807, 2.05) is 40.0 Å². The van der Waals surface area contributed by atoms with Crippen LogP contribution < -0.4 is 5.32 Å². The number of carbonyl (C=O) groups is 2. The molecule has 7 heteroatoms. The minimum Gasteiger partial charge on any atom is -0.480 e. The van der Waals surface area contributed by atoms with Gasteiger partial charge >= 0.3 is 5.97 Å². The quantitative estimate of drug-likeness (QED) is 0.792. The molecule has 0 aliphatic carbocycles. The molecule has 2 N–H and O–H groups in total. The maximum atomic E-state index is 12.3. The number of benzene rings is 1. The molecule has 0 radical (unpaired) electrons. The summed E-state index contributed by atoms with van der Waals surface area (Å²) in [6.45, 7) is 7.82. The van der Waals surface area contributed by atoms with Crippen molar-refractivity contribution >= 4 is 11.9 Å².